The van der Waals surface area contributed by atoms with Gasteiger partial charge in [-0.25, -0.2) is 4.98 Å². The number of hydrogen-bond acceptors (Lipinski definition) is 5. The second-order valence-electron chi connectivity index (χ2n) is 3.30. The molecule has 5 heteroatoms. The molecule has 0 saturated heterocycles. The number of pyridine rings is 1. The fourth-order valence-electron chi connectivity index (χ4n) is 1.19. The number of anilines is 2. The van der Waals surface area contributed by atoms with Crippen LogP contribution in [-0.2, 0) is 4.74 Å². The number of aromatic nitrogens is 1. The first-order chi connectivity index (χ1) is 7.22. The number of hydrogen-bond donors (Lipinski definition) is 3. The van der Waals surface area contributed by atoms with E-state index >= 15 is 0 Å². The van der Waals surface area contributed by atoms with Gasteiger partial charge in [0.1, 0.15) is 5.82 Å². The summed E-state index contributed by atoms with van der Waals surface area (Å²) in [5.41, 5.74) is 6.26. The molecule has 0 aliphatic carbocycles. The summed E-state index contributed by atoms with van der Waals surface area (Å²) in [7, 11) is 1.57. The van der Waals surface area contributed by atoms with Gasteiger partial charge in [-0.15, -0.1) is 0 Å². The highest BCUT2D eigenvalue weighted by Gasteiger charge is 2.02. The van der Waals surface area contributed by atoms with E-state index in [1.165, 1.54) is 0 Å². The first-order valence-corrected chi connectivity index (χ1v) is 4.85. The molecule has 0 amide bonds. The number of rotatable bonds is 6. The zero-order valence-electron chi connectivity index (χ0n) is 8.81. The normalized spacial score (nSPS) is 12.4. The Morgan fingerprint density at radius 2 is 2.47 bits per heavy atom. The highest BCUT2D eigenvalue weighted by molar-refractivity contribution is 5.48. The van der Waals surface area contributed by atoms with E-state index in [-0.39, 0.29) is 0 Å². The summed E-state index contributed by atoms with van der Waals surface area (Å²) in [6, 6.07) is 3.48. The van der Waals surface area contributed by atoms with E-state index in [0.717, 1.165) is 5.82 Å². The number of ether oxygens (including phenoxy) is 1. The number of aliphatic hydroxyl groups excluding tert-OH is 1. The Morgan fingerprint density at radius 1 is 1.67 bits per heavy atom. The summed E-state index contributed by atoms with van der Waals surface area (Å²) in [6.45, 7) is 0.993. The summed E-state index contributed by atoms with van der Waals surface area (Å²) >= 11 is 0. The minimum absolute atomic E-state index is 0.353. The SMILES string of the molecule is COCC(O)CCNc1cc(N)ccn1. The van der Waals surface area contributed by atoms with Crippen molar-refractivity contribution in [3.8, 4) is 0 Å². The van der Waals surface area contributed by atoms with Gasteiger partial charge in [0.2, 0.25) is 0 Å². The van der Waals surface area contributed by atoms with Gasteiger partial charge in [0.15, 0.2) is 0 Å². The molecule has 1 atom stereocenters. The quantitative estimate of drug-likeness (QED) is 0.637. The maximum atomic E-state index is 9.37. The van der Waals surface area contributed by atoms with Crippen molar-refractivity contribution in [1.29, 1.82) is 0 Å². The van der Waals surface area contributed by atoms with Gasteiger partial charge in [0, 0.05) is 31.6 Å². The number of aliphatic hydroxyl groups is 1. The third-order valence-corrected chi connectivity index (χ3v) is 1.93. The molecule has 0 aromatic carbocycles. The third kappa shape index (κ3) is 4.62. The average Bonchev–Trinajstić information content (AvgIpc) is 2.18. The summed E-state index contributed by atoms with van der Waals surface area (Å²) < 4.78 is 4.81. The van der Waals surface area contributed by atoms with Crippen molar-refractivity contribution >= 4 is 11.5 Å². The molecule has 84 valence electrons. The molecular formula is C10H17N3O2. The van der Waals surface area contributed by atoms with E-state index < -0.39 is 6.10 Å². The Bertz CT molecular complexity index is 294. The van der Waals surface area contributed by atoms with E-state index in [0.29, 0.717) is 25.3 Å². The van der Waals surface area contributed by atoms with Crippen LogP contribution in [0.5, 0.6) is 0 Å². The second-order valence-corrected chi connectivity index (χ2v) is 3.30. The molecule has 0 saturated carbocycles. The monoisotopic (exact) mass is 211 g/mol. The molecule has 1 heterocycles. The first-order valence-electron chi connectivity index (χ1n) is 4.85. The van der Waals surface area contributed by atoms with Crippen LogP contribution in [0.15, 0.2) is 18.3 Å². The van der Waals surface area contributed by atoms with E-state index in [2.05, 4.69) is 10.3 Å². The molecule has 4 N–H and O–H groups in total. The lowest BCUT2D eigenvalue weighted by molar-refractivity contribution is 0.0615. The lowest BCUT2D eigenvalue weighted by Gasteiger charge is -2.10. The zero-order chi connectivity index (χ0) is 11.1. The number of nitrogens with zero attached hydrogens (tertiary/aromatic N) is 1. The standard InChI is InChI=1S/C10H17N3O2/c1-15-7-9(14)3-5-13-10-6-8(11)2-4-12-10/h2,4,6,9,14H,3,5,7H2,1H3,(H3,11,12,13). The number of nitrogens with two attached hydrogens (primary N) is 1. The molecule has 1 aromatic rings. The lowest BCUT2D eigenvalue weighted by Crippen LogP contribution is -2.18. The Kier molecular flexibility index (Phi) is 4.86. The maximum absolute atomic E-state index is 9.37. The van der Waals surface area contributed by atoms with Gasteiger partial charge in [-0.1, -0.05) is 0 Å². The van der Waals surface area contributed by atoms with Crippen molar-refractivity contribution in [2.75, 3.05) is 31.3 Å². The predicted octanol–water partition coefficient (Wildman–Crippen LogP) is 0.473. The molecular weight excluding hydrogens is 194 g/mol. The van der Waals surface area contributed by atoms with Crippen LogP contribution in [0.2, 0.25) is 0 Å². The molecule has 1 aromatic heterocycles. The van der Waals surface area contributed by atoms with Crippen molar-refractivity contribution in [1.82, 2.24) is 4.98 Å². The fraction of sp³-hybridized carbons (Fsp3) is 0.500. The topological polar surface area (TPSA) is 80.4 Å². The summed E-state index contributed by atoms with van der Waals surface area (Å²) in [5, 5.41) is 12.4. The zero-order valence-corrected chi connectivity index (χ0v) is 8.81. The van der Waals surface area contributed by atoms with Crippen molar-refractivity contribution in [3.63, 3.8) is 0 Å². The highest BCUT2D eigenvalue weighted by Crippen LogP contribution is 2.07. The predicted molar refractivity (Wildman–Crippen MR) is 59.6 cm³/mol. The molecule has 1 rings (SSSR count). The lowest BCUT2D eigenvalue weighted by atomic mass is 10.2. The second kappa shape index (κ2) is 6.21. The fourth-order valence-corrected chi connectivity index (χ4v) is 1.19. The van der Waals surface area contributed by atoms with Gasteiger partial charge in [-0.2, -0.15) is 0 Å². The summed E-state index contributed by atoms with van der Waals surface area (Å²) in [6.07, 6.45) is 1.82. The first kappa shape index (κ1) is 11.7. The van der Waals surface area contributed by atoms with Crippen molar-refractivity contribution < 1.29 is 9.84 Å². The van der Waals surface area contributed by atoms with Crippen molar-refractivity contribution in [2.45, 2.75) is 12.5 Å². The van der Waals surface area contributed by atoms with Crippen LogP contribution in [0, 0.1) is 0 Å². The van der Waals surface area contributed by atoms with Crippen LogP contribution in [0.4, 0.5) is 11.5 Å². The number of methoxy groups -OCH3 is 1. The Morgan fingerprint density at radius 3 is 3.13 bits per heavy atom. The summed E-state index contributed by atoms with van der Waals surface area (Å²) in [5.74, 6) is 0.722. The molecule has 15 heavy (non-hydrogen) atoms. The molecule has 0 fully saturated rings. The van der Waals surface area contributed by atoms with E-state index in [1.54, 1.807) is 25.4 Å². The van der Waals surface area contributed by atoms with E-state index in [4.69, 9.17) is 10.5 Å². The van der Waals surface area contributed by atoms with Crippen LogP contribution in [0.1, 0.15) is 6.42 Å². The van der Waals surface area contributed by atoms with E-state index in [9.17, 15) is 5.11 Å². The van der Waals surface area contributed by atoms with Crippen LogP contribution < -0.4 is 11.1 Å². The van der Waals surface area contributed by atoms with Crippen LogP contribution in [-0.4, -0.2) is 36.5 Å². The van der Waals surface area contributed by atoms with Crippen LogP contribution in [0.3, 0.4) is 0 Å². The van der Waals surface area contributed by atoms with Gasteiger partial charge < -0.3 is 20.9 Å². The maximum Gasteiger partial charge on any atom is 0.127 e. The minimum atomic E-state index is -0.441. The average molecular weight is 211 g/mol. The van der Waals surface area contributed by atoms with Gasteiger partial charge in [-0.05, 0) is 12.5 Å². The Balaban J connectivity index is 2.25. The van der Waals surface area contributed by atoms with Gasteiger partial charge in [-0.3, -0.25) is 0 Å². The van der Waals surface area contributed by atoms with Gasteiger partial charge in [0.05, 0.1) is 12.7 Å². The number of nitrogens with one attached hydrogen (secondary N) is 1. The van der Waals surface area contributed by atoms with Crippen LogP contribution >= 0.6 is 0 Å². The largest absolute Gasteiger partial charge is 0.399 e. The molecule has 0 aliphatic heterocycles. The third-order valence-electron chi connectivity index (χ3n) is 1.93. The molecule has 0 aliphatic rings. The molecule has 0 spiro atoms. The minimum Gasteiger partial charge on any atom is -0.399 e. The molecule has 1 unspecified atom stereocenters. The van der Waals surface area contributed by atoms with Crippen LogP contribution in [0.25, 0.3) is 0 Å². The van der Waals surface area contributed by atoms with Crippen molar-refractivity contribution in [2.24, 2.45) is 0 Å². The van der Waals surface area contributed by atoms with Gasteiger partial charge in [0.25, 0.3) is 0 Å². The number of nitrogen functional groups attached to an aromatic ring is 1. The Labute approximate surface area is 89.3 Å². The molecule has 5 nitrogen and oxygen atoms in total. The van der Waals surface area contributed by atoms with Gasteiger partial charge >= 0.3 is 0 Å². The molecule has 0 bridgehead atoms. The van der Waals surface area contributed by atoms with E-state index in [1.807, 2.05) is 0 Å². The molecule has 0 radical (unpaired) electrons. The Hall–Kier alpha value is -1.33. The summed E-state index contributed by atoms with van der Waals surface area (Å²) in [4.78, 5) is 4.08. The highest BCUT2D eigenvalue weighted by atomic mass is 16.5. The smallest absolute Gasteiger partial charge is 0.127 e. The van der Waals surface area contributed by atoms with Crippen molar-refractivity contribution in [3.05, 3.63) is 18.3 Å².